The van der Waals surface area contributed by atoms with E-state index in [1.54, 1.807) is 0 Å². The molecule has 4 rings (SSSR count). The molecular weight excluding hydrogens is 374 g/mol. The molecule has 5 heteroatoms. The van der Waals surface area contributed by atoms with Crippen LogP contribution in [0.4, 0.5) is 0 Å². The van der Waals surface area contributed by atoms with Crippen molar-refractivity contribution in [1.82, 2.24) is 15.2 Å². The smallest absolute Gasteiger partial charge is 0.223 e. The Morgan fingerprint density at radius 2 is 2.07 bits per heavy atom. The van der Waals surface area contributed by atoms with E-state index >= 15 is 0 Å². The third kappa shape index (κ3) is 5.60. The summed E-state index contributed by atoms with van der Waals surface area (Å²) in [6.45, 7) is 7.04. The maximum Gasteiger partial charge on any atom is 0.223 e. The molecule has 0 spiro atoms. The number of hydrogen-bond acceptors (Lipinski definition) is 4. The maximum atomic E-state index is 12.6. The number of nitrogens with zero attached hydrogens (tertiary/aromatic N) is 2. The van der Waals surface area contributed by atoms with Gasteiger partial charge in [0.05, 0.1) is 17.8 Å². The van der Waals surface area contributed by atoms with E-state index in [1.165, 1.54) is 5.56 Å². The number of aromatic nitrogens is 1. The Bertz CT molecular complexity index is 835. The first kappa shape index (κ1) is 20.9. The molecule has 1 aromatic carbocycles. The zero-order chi connectivity index (χ0) is 20.9. The lowest BCUT2D eigenvalue weighted by atomic mass is 9.88. The summed E-state index contributed by atoms with van der Waals surface area (Å²) in [4.78, 5) is 19.7. The topological polar surface area (TPSA) is 54.5 Å². The zero-order valence-corrected chi connectivity index (χ0v) is 18.1. The highest BCUT2D eigenvalue weighted by Crippen LogP contribution is 2.33. The number of piperidine rings is 1. The Labute approximate surface area is 179 Å². The van der Waals surface area contributed by atoms with Crippen molar-refractivity contribution in [2.45, 2.75) is 58.2 Å². The number of carbonyl (C=O) groups excluding carboxylic acids is 1. The van der Waals surface area contributed by atoms with Crippen LogP contribution < -0.4 is 10.1 Å². The summed E-state index contributed by atoms with van der Waals surface area (Å²) >= 11 is 0. The van der Waals surface area contributed by atoms with Gasteiger partial charge in [0.15, 0.2) is 0 Å². The minimum atomic E-state index is -0.0160. The quantitative estimate of drug-likeness (QED) is 0.707. The van der Waals surface area contributed by atoms with Gasteiger partial charge in [-0.2, -0.15) is 0 Å². The van der Waals surface area contributed by atoms with Crippen LogP contribution in [-0.4, -0.2) is 35.0 Å². The van der Waals surface area contributed by atoms with E-state index in [2.05, 4.69) is 47.2 Å². The molecule has 2 atom stereocenters. The summed E-state index contributed by atoms with van der Waals surface area (Å²) in [5.74, 6) is 1.70. The predicted octanol–water partition coefficient (Wildman–Crippen LogP) is 4.35. The number of rotatable bonds is 8. The molecule has 1 aromatic heterocycles. The van der Waals surface area contributed by atoms with Gasteiger partial charge in [0.2, 0.25) is 5.91 Å². The molecule has 160 valence electrons. The standard InChI is InChI=1S/C25H33N3O2/c1-18(2)30-22-9-5-7-19(15-22)16-28-14-6-8-21(17-28)24(23-10-3-4-13-26-23)27-25(29)20-11-12-20/h3-5,7,9-10,13,15,18,20-21,24H,6,8,11-12,14,16-17H2,1-2H3,(H,27,29)/t21-,24+/m1/s1. The van der Waals surface area contributed by atoms with Gasteiger partial charge in [0.1, 0.15) is 5.75 Å². The van der Waals surface area contributed by atoms with Crippen LogP contribution in [0.2, 0.25) is 0 Å². The number of carbonyl (C=O) groups is 1. The SMILES string of the molecule is CC(C)Oc1cccc(CN2CCC[C@@H]([C@H](NC(=O)C3CC3)c3ccccn3)C2)c1. The molecule has 1 amide bonds. The Morgan fingerprint density at radius 3 is 2.80 bits per heavy atom. The summed E-state index contributed by atoms with van der Waals surface area (Å²) < 4.78 is 5.86. The second-order valence-electron chi connectivity index (χ2n) is 8.97. The van der Waals surface area contributed by atoms with Gasteiger partial charge in [-0.3, -0.25) is 14.7 Å². The molecule has 2 fully saturated rings. The van der Waals surface area contributed by atoms with Crippen LogP contribution in [0.15, 0.2) is 48.7 Å². The molecule has 5 nitrogen and oxygen atoms in total. The first-order valence-corrected chi connectivity index (χ1v) is 11.3. The first-order chi connectivity index (χ1) is 14.6. The summed E-state index contributed by atoms with van der Waals surface area (Å²) in [7, 11) is 0. The van der Waals surface area contributed by atoms with Crippen molar-refractivity contribution < 1.29 is 9.53 Å². The van der Waals surface area contributed by atoms with Crippen molar-refractivity contribution in [2.75, 3.05) is 13.1 Å². The van der Waals surface area contributed by atoms with Crippen LogP contribution in [0.25, 0.3) is 0 Å². The molecule has 1 N–H and O–H groups in total. The summed E-state index contributed by atoms with van der Waals surface area (Å²) in [6, 6.07) is 14.4. The monoisotopic (exact) mass is 407 g/mol. The van der Waals surface area contributed by atoms with Crippen LogP contribution >= 0.6 is 0 Å². The fourth-order valence-electron chi connectivity index (χ4n) is 4.36. The fourth-order valence-corrected chi connectivity index (χ4v) is 4.36. The molecule has 2 heterocycles. The van der Waals surface area contributed by atoms with Gasteiger partial charge in [-0.25, -0.2) is 0 Å². The molecule has 1 saturated heterocycles. The number of likely N-dealkylation sites (tertiary alicyclic amines) is 1. The van der Waals surface area contributed by atoms with E-state index in [0.29, 0.717) is 5.92 Å². The number of ether oxygens (including phenoxy) is 1. The minimum absolute atomic E-state index is 0.0160. The highest BCUT2D eigenvalue weighted by atomic mass is 16.5. The molecule has 2 aromatic rings. The maximum absolute atomic E-state index is 12.6. The highest BCUT2D eigenvalue weighted by molar-refractivity contribution is 5.81. The van der Waals surface area contributed by atoms with Crippen LogP contribution in [-0.2, 0) is 11.3 Å². The average molecular weight is 408 g/mol. The van der Waals surface area contributed by atoms with Crippen molar-refractivity contribution in [3.63, 3.8) is 0 Å². The first-order valence-electron chi connectivity index (χ1n) is 11.3. The van der Waals surface area contributed by atoms with E-state index in [9.17, 15) is 4.79 Å². The van der Waals surface area contributed by atoms with Crippen LogP contribution in [0, 0.1) is 11.8 Å². The van der Waals surface area contributed by atoms with Gasteiger partial charge >= 0.3 is 0 Å². The number of hydrogen-bond donors (Lipinski definition) is 1. The normalized spacial score (nSPS) is 20.7. The van der Waals surface area contributed by atoms with Crippen molar-refractivity contribution >= 4 is 5.91 Å². The van der Waals surface area contributed by atoms with Crippen molar-refractivity contribution in [3.05, 3.63) is 59.9 Å². The number of nitrogens with one attached hydrogen (secondary N) is 1. The molecule has 1 aliphatic heterocycles. The van der Waals surface area contributed by atoms with E-state index in [0.717, 1.165) is 56.8 Å². The lowest BCUT2D eigenvalue weighted by molar-refractivity contribution is -0.123. The van der Waals surface area contributed by atoms with Gasteiger partial charge in [-0.05, 0) is 81.8 Å². The minimum Gasteiger partial charge on any atom is -0.491 e. The third-order valence-corrected chi connectivity index (χ3v) is 5.94. The fraction of sp³-hybridized carbons (Fsp3) is 0.520. The average Bonchev–Trinajstić information content (AvgIpc) is 3.58. The Morgan fingerprint density at radius 1 is 1.20 bits per heavy atom. The second kappa shape index (κ2) is 9.61. The van der Waals surface area contributed by atoms with Gasteiger partial charge in [0, 0.05) is 25.2 Å². The molecule has 30 heavy (non-hydrogen) atoms. The Kier molecular flexibility index (Phi) is 6.68. The molecule has 2 aliphatic rings. The van der Waals surface area contributed by atoms with E-state index in [4.69, 9.17) is 4.74 Å². The predicted molar refractivity (Wildman–Crippen MR) is 118 cm³/mol. The molecule has 0 bridgehead atoms. The van der Waals surface area contributed by atoms with E-state index in [-0.39, 0.29) is 24.0 Å². The third-order valence-electron chi connectivity index (χ3n) is 5.94. The highest BCUT2D eigenvalue weighted by Gasteiger charge is 2.35. The number of amides is 1. The van der Waals surface area contributed by atoms with Crippen LogP contribution in [0.3, 0.4) is 0 Å². The second-order valence-corrected chi connectivity index (χ2v) is 8.97. The molecular formula is C25H33N3O2. The molecule has 0 radical (unpaired) electrons. The Hall–Kier alpha value is -2.40. The van der Waals surface area contributed by atoms with Gasteiger partial charge in [-0.15, -0.1) is 0 Å². The number of benzene rings is 1. The van der Waals surface area contributed by atoms with Crippen LogP contribution in [0.1, 0.15) is 56.8 Å². The van der Waals surface area contributed by atoms with Crippen molar-refractivity contribution in [1.29, 1.82) is 0 Å². The lowest BCUT2D eigenvalue weighted by Gasteiger charge is -2.37. The summed E-state index contributed by atoms with van der Waals surface area (Å²) in [6.07, 6.45) is 6.29. The van der Waals surface area contributed by atoms with Crippen LogP contribution in [0.5, 0.6) is 5.75 Å². The van der Waals surface area contributed by atoms with E-state index < -0.39 is 0 Å². The van der Waals surface area contributed by atoms with Crippen molar-refractivity contribution in [2.24, 2.45) is 11.8 Å². The molecule has 1 saturated carbocycles. The number of pyridine rings is 1. The molecule has 0 unspecified atom stereocenters. The molecule has 1 aliphatic carbocycles. The Balaban J connectivity index is 1.45. The van der Waals surface area contributed by atoms with Gasteiger partial charge < -0.3 is 10.1 Å². The van der Waals surface area contributed by atoms with E-state index in [1.807, 2.05) is 30.5 Å². The summed E-state index contributed by atoms with van der Waals surface area (Å²) in [5, 5.41) is 3.33. The van der Waals surface area contributed by atoms with Crippen molar-refractivity contribution in [3.8, 4) is 5.75 Å². The van der Waals surface area contributed by atoms with Gasteiger partial charge in [-0.1, -0.05) is 18.2 Å². The van der Waals surface area contributed by atoms with Gasteiger partial charge in [0.25, 0.3) is 0 Å². The lowest BCUT2D eigenvalue weighted by Crippen LogP contribution is -2.43. The largest absolute Gasteiger partial charge is 0.491 e. The zero-order valence-electron chi connectivity index (χ0n) is 18.1. The summed E-state index contributed by atoms with van der Waals surface area (Å²) in [5.41, 5.74) is 2.25.